The molecule has 0 saturated heterocycles. The van der Waals surface area contributed by atoms with Crippen molar-refractivity contribution < 1.29 is 23.8 Å². The third-order valence-electron chi connectivity index (χ3n) is 2.70. The van der Waals surface area contributed by atoms with E-state index in [9.17, 15) is 9.59 Å². The number of hydrogen-bond acceptors (Lipinski definition) is 5. The summed E-state index contributed by atoms with van der Waals surface area (Å²) < 4.78 is 15.4. The van der Waals surface area contributed by atoms with Crippen LogP contribution in [0.2, 0.25) is 0 Å². The fourth-order valence-corrected chi connectivity index (χ4v) is 1.71. The second kappa shape index (κ2) is 8.09. The molecule has 0 radical (unpaired) electrons. The highest BCUT2D eigenvalue weighted by Crippen LogP contribution is 2.17. The van der Waals surface area contributed by atoms with Crippen molar-refractivity contribution in [1.29, 1.82) is 0 Å². The van der Waals surface area contributed by atoms with Crippen molar-refractivity contribution in [3.63, 3.8) is 0 Å². The molecular formula is C16H20O5. The lowest BCUT2D eigenvalue weighted by molar-refractivity contribution is -0.148. The van der Waals surface area contributed by atoms with Gasteiger partial charge in [-0.3, -0.25) is 4.79 Å². The van der Waals surface area contributed by atoms with Gasteiger partial charge in [-0.2, -0.15) is 0 Å². The predicted octanol–water partition coefficient (Wildman–Crippen LogP) is 2.42. The Kier molecular flexibility index (Phi) is 6.46. The fourth-order valence-electron chi connectivity index (χ4n) is 1.71. The number of carbonyl (C=O) groups excluding carboxylic acids is 2. The van der Waals surface area contributed by atoms with E-state index in [-0.39, 0.29) is 0 Å². The van der Waals surface area contributed by atoms with E-state index in [1.54, 1.807) is 13.0 Å². The molecule has 0 unspecified atom stereocenters. The van der Waals surface area contributed by atoms with Crippen LogP contribution in [0.3, 0.4) is 0 Å². The van der Waals surface area contributed by atoms with Crippen LogP contribution >= 0.6 is 0 Å². The standard InChI is InChI=1S/C16H20O5/c1-11-6-5-7-14(10-11)21-15(8-9-16(18)19-4)12(2)20-13(3)17/h5-10,12,15H,1-4H3/b9-8+/t12-,15+/m0/s1. The Morgan fingerprint density at radius 3 is 2.57 bits per heavy atom. The molecule has 0 aliphatic rings. The molecule has 114 valence electrons. The lowest BCUT2D eigenvalue weighted by Gasteiger charge is -2.22. The van der Waals surface area contributed by atoms with Gasteiger partial charge >= 0.3 is 11.9 Å². The van der Waals surface area contributed by atoms with E-state index in [4.69, 9.17) is 9.47 Å². The van der Waals surface area contributed by atoms with Gasteiger partial charge in [0.1, 0.15) is 11.9 Å². The van der Waals surface area contributed by atoms with E-state index < -0.39 is 24.1 Å². The maximum Gasteiger partial charge on any atom is 0.330 e. The van der Waals surface area contributed by atoms with Crippen molar-refractivity contribution >= 4 is 11.9 Å². The Hall–Kier alpha value is -2.30. The van der Waals surface area contributed by atoms with Crippen LogP contribution in [0.5, 0.6) is 5.75 Å². The molecule has 21 heavy (non-hydrogen) atoms. The first-order valence-corrected chi connectivity index (χ1v) is 6.59. The molecule has 1 rings (SSSR count). The number of hydrogen-bond donors (Lipinski definition) is 0. The number of aryl methyl sites for hydroxylation is 1. The summed E-state index contributed by atoms with van der Waals surface area (Å²) in [6.45, 7) is 4.97. The van der Waals surface area contributed by atoms with Crippen LogP contribution in [0.15, 0.2) is 36.4 Å². The zero-order valence-electron chi connectivity index (χ0n) is 12.7. The number of methoxy groups -OCH3 is 1. The molecule has 0 N–H and O–H groups in total. The lowest BCUT2D eigenvalue weighted by atomic mass is 10.2. The van der Waals surface area contributed by atoms with Gasteiger partial charge in [-0.05, 0) is 37.6 Å². The molecule has 0 spiro atoms. The van der Waals surface area contributed by atoms with Crippen LogP contribution < -0.4 is 4.74 Å². The molecule has 5 heteroatoms. The van der Waals surface area contributed by atoms with E-state index in [2.05, 4.69) is 4.74 Å². The first kappa shape index (κ1) is 16.8. The van der Waals surface area contributed by atoms with E-state index in [1.807, 2.05) is 25.1 Å². The topological polar surface area (TPSA) is 61.8 Å². The number of esters is 2. The largest absolute Gasteiger partial charge is 0.482 e. The zero-order chi connectivity index (χ0) is 15.8. The van der Waals surface area contributed by atoms with Crippen molar-refractivity contribution in [3.8, 4) is 5.75 Å². The summed E-state index contributed by atoms with van der Waals surface area (Å²) >= 11 is 0. The molecule has 2 atom stereocenters. The normalized spacial score (nSPS) is 13.5. The lowest BCUT2D eigenvalue weighted by Crippen LogP contribution is -2.31. The van der Waals surface area contributed by atoms with Crippen LogP contribution in [-0.4, -0.2) is 31.3 Å². The molecule has 0 aliphatic heterocycles. The molecule has 0 amide bonds. The van der Waals surface area contributed by atoms with Crippen LogP contribution in [0.4, 0.5) is 0 Å². The van der Waals surface area contributed by atoms with Crippen LogP contribution in [0, 0.1) is 6.92 Å². The maximum atomic E-state index is 11.2. The average Bonchev–Trinajstić information content (AvgIpc) is 2.42. The first-order chi connectivity index (χ1) is 9.92. The Morgan fingerprint density at radius 1 is 1.29 bits per heavy atom. The summed E-state index contributed by atoms with van der Waals surface area (Å²) in [5.41, 5.74) is 1.04. The second-order valence-electron chi connectivity index (χ2n) is 4.60. The van der Waals surface area contributed by atoms with Gasteiger partial charge in [0.2, 0.25) is 0 Å². The summed E-state index contributed by atoms with van der Waals surface area (Å²) in [6.07, 6.45) is 1.64. The van der Waals surface area contributed by atoms with E-state index in [1.165, 1.54) is 26.2 Å². The Morgan fingerprint density at radius 2 is 2.00 bits per heavy atom. The summed E-state index contributed by atoms with van der Waals surface area (Å²) in [7, 11) is 1.29. The van der Waals surface area contributed by atoms with Gasteiger partial charge in [-0.15, -0.1) is 0 Å². The Balaban J connectivity index is 2.87. The smallest absolute Gasteiger partial charge is 0.330 e. The van der Waals surface area contributed by atoms with E-state index in [0.29, 0.717) is 5.75 Å². The van der Waals surface area contributed by atoms with Gasteiger partial charge < -0.3 is 14.2 Å². The van der Waals surface area contributed by atoms with Gasteiger partial charge in [0, 0.05) is 13.0 Å². The summed E-state index contributed by atoms with van der Waals surface area (Å²) in [6, 6.07) is 7.47. The minimum Gasteiger partial charge on any atom is -0.482 e. The molecule has 0 bridgehead atoms. The number of ether oxygens (including phenoxy) is 3. The second-order valence-corrected chi connectivity index (χ2v) is 4.60. The molecule has 0 heterocycles. The Bertz CT molecular complexity index is 521. The van der Waals surface area contributed by atoms with Gasteiger partial charge in [0.05, 0.1) is 7.11 Å². The van der Waals surface area contributed by atoms with Crippen molar-refractivity contribution in [3.05, 3.63) is 42.0 Å². The third-order valence-corrected chi connectivity index (χ3v) is 2.70. The average molecular weight is 292 g/mol. The third kappa shape index (κ3) is 6.12. The highest BCUT2D eigenvalue weighted by Gasteiger charge is 2.19. The highest BCUT2D eigenvalue weighted by atomic mass is 16.6. The van der Waals surface area contributed by atoms with Crippen LogP contribution in [-0.2, 0) is 19.1 Å². The number of benzene rings is 1. The maximum absolute atomic E-state index is 11.2. The van der Waals surface area contributed by atoms with Gasteiger partial charge in [-0.1, -0.05) is 12.1 Å². The van der Waals surface area contributed by atoms with Crippen molar-refractivity contribution in [2.45, 2.75) is 33.0 Å². The summed E-state index contributed by atoms with van der Waals surface area (Å²) in [4.78, 5) is 22.3. The number of rotatable bonds is 6. The summed E-state index contributed by atoms with van der Waals surface area (Å²) in [5, 5.41) is 0. The van der Waals surface area contributed by atoms with Crippen molar-refractivity contribution in [2.75, 3.05) is 7.11 Å². The van der Waals surface area contributed by atoms with E-state index >= 15 is 0 Å². The van der Waals surface area contributed by atoms with Crippen LogP contribution in [0.1, 0.15) is 19.4 Å². The van der Waals surface area contributed by atoms with Gasteiger partial charge in [0.15, 0.2) is 6.10 Å². The van der Waals surface area contributed by atoms with E-state index in [0.717, 1.165) is 5.56 Å². The zero-order valence-corrected chi connectivity index (χ0v) is 12.7. The quantitative estimate of drug-likeness (QED) is 0.595. The predicted molar refractivity (Wildman–Crippen MR) is 78.0 cm³/mol. The molecule has 5 nitrogen and oxygen atoms in total. The SMILES string of the molecule is COC(=O)/C=C/[C@@H](Oc1cccc(C)c1)[C@H](C)OC(C)=O. The van der Waals surface area contributed by atoms with Crippen LogP contribution in [0.25, 0.3) is 0 Å². The minimum absolute atomic E-state index is 0.410. The van der Waals surface area contributed by atoms with Gasteiger partial charge in [0.25, 0.3) is 0 Å². The first-order valence-electron chi connectivity index (χ1n) is 6.59. The van der Waals surface area contributed by atoms with Gasteiger partial charge in [-0.25, -0.2) is 4.79 Å². The monoisotopic (exact) mass is 292 g/mol. The highest BCUT2D eigenvalue weighted by molar-refractivity contribution is 5.81. The molecule has 1 aromatic rings. The van der Waals surface area contributed by atoms with Crippen molar-refractivity contribution in [2.24, 2.45) is 0 Å². The molecular weight excluding hydrogens is 272 g/mol. The Labute approximate surface area is 124 Å². The fraction of sp³-hybridized carbons (Fsp3) is 0.375. The molecule has 1 aromatic carbocycles. The summed E-state index contributed by atoms with van der Waals surface area (Å²) in [5.74, 6) is -0.275. The molecule has 0 aliphatic carbocycles. The number of carbonyl (C=O) groups is 2. The minimum atomic E-state index is -0.588. The molecule has 0 fully saturated rings. The molecule has 0 aromatic heterocycles. The van der Waals surface area contributed by atoms with Crippen molar-refractivity contribution in [1.82, 2.24) is 0 Å². The molecule has 0 saturated carbocycles.